The lowest BCUT2D eigenvalue weighted by molar-refractivity contribution is -0.139. The van der Waals surface area contributed by atoms with Crippen LogP contribution in [0.4, 0.5) is 0 Å². The minimum atomic E-state index is -0.0767. The Morgan fingerprint density at radius 3 is 2.52 bits per heavy atom. The van der Waals surface area contributed by atoms with Crippen LogP contribution in [-0.4, -0.2) is 19.1 Å². The van der Waals surface area contributed by atoms with E-state index < -0.39 is 0 Å². The van der Waals surface area contributed by atoms with Crippen LogP contribution in [0.15, 0.2) is 24.3 Å². The third-order valence-corrected chi connectivity index (χ3v) is 4.13. The summed E-state index contributed by atoms with van der Waals surface area (Å²) in [5.41, 5.74) is 1.33. The van der Waals surface area contributed by atoms with Crippen molar-refractivity contribution >= 4 is 5.97 Å². The molecule has 21 heavy (non-hydrogen) atoms. The highest BCUT2D eigenvalue weighted by atomic mass is 16.5. The van der Waals surface area contributed by atoms with E-state index in [1.54, 1.807) is 0 Å². The molecular weight excluding hydrogens is 262 g/mol. The Labute approximate surface area is 128 Å². The van der Waals surface area contributed by atoms with Gasteiger partial charge in [-0.2, -0.15) is 0 Å². The maximum absolute atomic E-state index is 12.0. The van der Waals surface area contributed by atoms with Crippen LogP contribution < -0.4 is 10.1 Å². The first-order valence-corrected chi connectivity index (χ1v) is 8.31. The van der Waals surface area contributed by atoms with Gasteiger partial charge < -0.3 is 10.1 Å². The summed E-state index contributed by atoms with van der Waals surface area (Å²) in [6, 6.07) is 8.01. The molecule has 0 saturated carbocycles. The zero-order valence-electron chi connectivity index (χ0n) is 13.1. The van der Waals surface area contributed by atoms with Crippen molar-refractivity contribution in [2.75, 3.05) is 13.1 Å². The van der Waals surface area contributed by atoms with E-state index in [0.717, 1.165) is 32.4 Å². The van der Waals surface area contributed by atoms with Crippen molar-refractivity contribution in [1.29, 1.82) is 0 Å². The predicted molar refractivity (Wildman–Crippen MR) is 85.5 cm³/mol. The van der Waals surface area contributed by atoms with E-state index in [1.807, 2.05) is 12.1 Å². The van der Waals surface area contributed by atoms with E-state index in [0.29, 0.717) is 5.75 Å². The van der Waals surface area contributed by atoms with Gasteiger partial charge in [-0.25, -0.2) is 0 Å². The summed E-state index contributed by atoms with van der Waals surface area (Å²) in [4.78, 5) is 12.0. The second-order valence-corrected chi connectivity index (χ2v) is 5.90. The van der Waals surface area contributed by atoms with Gasteiger partial charge in [-0.05, 0) is 56.5 Å². The Kier molecular flexibility index (Phi) is 6.74. The fraction of sp³-hybridized carbons (Fsp3) is 0.611. The van der Waals surface area contributed by atoms with Crippen LogP contribution in [0.5, 0.6) is 5.75 Å². The van der Waals surface area contributed by atoms with Crippen molar-refractivity contribution in [2.45, 2.75) is 51.9 Å². The van der Waals surface area contributed by atoms with Gasteiger partial charge >= 0.3 is 5.97 Å². The Hall–Kier alpha value is -1.35. The Bertz CT molecular complexity index is 421. The molecule has 1 heterocycles. The Morgan fingerprint density at radius 1 is 1.14 bits per heavy atom. The van der Waals surface area contributed by atoms with Gasteiger partial charge in [-0.15, -0.1) is 0 Å². The summed E-state index contributed by atoms with van der Waals surface area (Å²) in [5.74, 6) is 0.656. The Morgan fingerprint density at radius 2 is 1.86 bits per heavy atom. The molecule has 0 radical (unpaired) electrons. The minimum Gasteiger partial charge on any atom is -0.426 e. The number of rotatable bonds is 7. The highest BCUT2D eigenvalue weighted by molar-refractivity contribution is 5.75. The van der Waals surface area contributed by atoms with Crippen molar-refractivity contribution in [3.63, 3.8) is 0 Å². The molecule has 1 aromatic rings. The topological polar surface area (TPSA) is 38.3 Å². The summed E-state index contributed by atoms with van der Waals surface area (Å²) in [7, 11) is 0. The van der Waals surface area contributed by atoms with Gasteiger partial charge in [0.05, 0.1) is 5.92 Å². The molecule has 1 fully saturated rings. The van der Waals surface area contributed by atoms with Crippen LogP contribution in [0.3, 0.4) is 0 Å². The number of carbonyl (C=O) groups is 1. The molecule has 1 aliphatic rings. The smallest absolute Gasteiger partial charge is 0.314 e. The molecule has 116 valence electrons. The van der Waals surface area contributed by atoms with Gasteiger partial charge in [0, 0.05) is 0 Å². The molecule has 1 aromatic carbocycles. The van der Waals surface area contributed by atoms with Gasteiger partial charge in [-0.3, -0.25) is 4.79 Å². The molecule has 1 aliphatic heterocycles. The summed E-state index contributed by atoms with van der Waals surface area (Å²) >= 11 is 0. The number of piperidine rings is 1. The molecule has 3 heteroatoms. The number of nitrogens with one attached hydrogen (secondary N) is 1. The lowest BCUT2D eigenvalue weighted by Crippen LogP contribution is -2.33. The minimum absolute atomic E-state index is 0.0555. The first kappa shape index (κ1) is 16.0. The fourth-order valence-electron chi connectivity index (χ4n) is 2.74. The molecule has 1 saturated heterocycles. The van der Waals surface area contributed by atoms with Crippen LogP contribution in [0.25, 0.3) is 0 Å². The average molecular weight is 289 g/mol. The SMILES string of the molecule is CCCCCCc1ccc(OC(=O)C2CCNCC2)cc1. The molecule has 2 rings (SSSR count). The number of hydrogen-bond acceptors (Lipinski definition) is 3. The number of benzene rings is 1. The van der Waals surface area contributed by atoms with Crippen molar-refractivity contribution in [3.05, 3.63) is 29.8 Å². The van der Waals surface area contributed by atoms with E-state index in [-0.39, 0.29) is 11.9 Å². The fourth-order valence-corrected chi connectivity index (χ4v) is 2.74. The first-order chi connectivity index (χ1) is 10.3. The van der Waals surface area contributed by atoms with Crippen molar-refractivity contribution in [2.24, 2.45) is 5.92 Å². The van der Waals surface area contributed by atoms with Crippen LogP contribution >= 0.6 is 0 Å². The van der Waals surface area contributed by atoms with Crippen LogP contribution in [-0.2, 0) is 11.2 Å². The summed E-state index contributed by atoms with van der Waals surface area (Å²) in [5, 5.41) is 3.26. The monoisotopic (exact) mass is 289 g/mol. The number of unbranched alkanes of at least 4 members (excludes halogenated alkanes) is 3. The zero-order valence-corrected chi connectivity index (χ0v) is 13.1. The van der Waals surface area contributed by atoms with E-state index in [2.05, 4.69) is 24.4 Å². The van der Waals surface area contributed by atoms with Crippen molar-refractivity contribution in [3.8, 4) is 5.75 Å². The lowest BCUT2D eigenvalue weighted by atomic mass is 9.98. The molecule has 3 nitrogen and oxygen atoms in total. The van der Waals surface area contributed by atoms with Gasteiger partial charge in [0.2, 0.25) is 0 Å². The second-order valence-electron chi connectivity index (χ2n) is 5.90. The number of aryl methyl sites for hydroxylation is 1. The van der Waals surface area contributed by atoms with Crippen LogP contribution in [0.1, 0.15) is 51.0 Å². The summed E-state index contributed by atoms with van der Waals surface area (Å²) in [6.07, 6.45) is 7.99. The van der Waals surface area contributed by atoms with Gasteiger partial charge in [0.1, 0.15) is 5.75 Å². The van der Waals surface area contributed by atoms with Crippen LogP contribution in [0.2, 0.25) is 0 Å². The van der Waals surface area contributed by atoms with Crippen molar-refractivity contribution in [1.82, 2.24) is 5.32 Å². The molecular formula is C18H27NO2. The largest absolute Gasteiger partial charge is 0.426 e. The third kappa shape index (κ3) is 5.50. The van der Waals surface area contributed by atoms with Gasteiger partial charge in [0.25, 0.3) is 0 Å². The van der Waals surface area contributed by atoms with E-state index in [9.17, 15) is 4.79 Å². The van der Waals surface area contributed by atoms with E-state index >= 15 is 0 Å². The average Bonchev–Trinajstić information content (AvgIpc) is 2.54. The number of hydrogen-bond donors (Lipinski definition) is 1. The standard InChI is InChI=1S/C18H27NO2/c1-2-3-4-5-6-15-7-9-17(10-8-15)21-18(20)16-11-13-19-14-12-16/h7-10,16,19H,2-6,11-14H2,1H3. The number of ether oxygens (including phenoxy) is 1. The summed E-state index contributed by atoms with van der Waals surface area (Å²) < 4.78 is 5.49. The first-order valence-electron chi connectivity index (χ1n) is 8.31. The molecule has 1 N–H and O–H groups in total. The number of carbonyl (C=O) groups excluding carboxylic acids is 1. The predicted octanol–water partition coefficient (Wildman–Crippen LogP) is 3.71. The molecule has 0 spiro atoms. The normalized spacial score (nSPS) is 15.9. The van der Waals surface area contributed by atoms with E-state index in [1.165, 1.54) is 31.2 Å². The molecule has 0 bridgehead atoms. The quantitative estimate of drug-likeness (QED) is 0.472. The second kappa shape index (κ2) is 8.83. The highest BCUT2D eigenvalue weighted by Crippen LogP contribution is 2.19. The summed E-state index contributed by atoms with van der Waals surface area (Å²) in [6.45, 7) is 4.05. The van der Waals surface area contributed by atoms with Crippen LogP contribution in [0, 0.1) is 5.92 Å². The van der Waals surface area contributed by atoms with E-state index in [4.69, 9.17) is 4.74 Å². The zero-order chi connectivity index (χ0) is 14.9. The molecule has 0 amide bonds. The molecule has 0 unspecified atom stereocenters. The third-order valence-electron chi connectivity index (χ3n) is 4.13. The maximum atomic E-state index is 12.0. The van der Waals surface area contributed by atoms with Gasteiger partial charge in [0.15, 0.2) is 0 Å². The van der Waals surface area contributed by atoms with Gasteiger partial charge in [-0.1, -0.05) is 38.3 Å². The maximum Gasteiger partial charge on any atom is 0.314 e. The lowest BCUT2D eigenvalue weighted by Gasteiger charge is -2.20. The Balaban J connectivity index is 1.77. The number of esters is 1. The van der Waals surface area contributed by atoms with Crippen molar-refractivity contribution < 1.29 is 9.53 Å². The molecule has 0 atom stereocenters. The highest BCUT2D eigenvalue weighted by Gasteiger charge is 2.22. The molecule has 0 aliphatic carbocycles. The molecule has 0 aromatic heterocycles.